The van der Waals surface area contributed by atoms with E-state index < -0.39 is 10.0 Å². The average Bonchev–Trinajstić information content (AvgIpc) is 2.93. The van der Waals surface area contributed by atoms with Crippen LogP contribution in [0.3, 0.4) is 0 Å². The van der Waals surface area contributed by atoms with E-state index in [1.807, 2.05) is 4.57 Å². The van der Waals surface area contributed by atoms with E-state index in [0.29, 0.717) is 10.9 Å². The third-order valence-corrected chi connectivity index (χ3v) is 5.54. The lowest BCUT2D eigenvalue weighted by Crippen LogP contribution is -2.48. The first-order valence-corrected chi connectivity index (χ1v) is 8.34. The summed E-state index contributed by atoms with van der Waals surface area (Å²) in [5, 5.41) is 3.60. The Balaban J connectivity index is 1.82. The fourth-order valence-electron chi connectivity index (χ4n) is 2.89. The maximum Gasteiger partial charge on any atom is 0.258 e. The van der Waals surface area contributed by atoms with Crippen molar-refractivity contribution in [2.75, 3.05) is 13.1 Å². The molecule has 1 aromatic heterocycles. The average molecular weight is 284 g/mol. The lowest BCUT2D eigenvalue weighted by molar-refractivity contribution is 0.327. The molecule has 2 N–H and O–H groups in total. The van der Waals surface area contributed by atoms with Crippen molar-refractivity contribution in [1.29, 1.82) is 0 Å². The van der Waals surface area contributed by atoms with Crippen molar-refractivity contribution < 1.29 is 8.42 Å². The zero-order valence-corrected chi connectivity index (χ0v) is 11.9. The number of hydrogen-bond acceptors (Lipinski definition) is 4. The predicted molar refractivity (Wildman–Crippen MR) is 71.3 cm³/mol. The summed E-state index contributed by atoms with van der Waals surface area (Å²) in [6.07, 6.45) is 4.18. The van der Waals surface area contributed by atoms with E-state index in [1.54, 1.807) is 0 Å². The monoisotopic (exact) mass is 284 g/mol. The Labute approximate surface area is 113 Å². The van der Waals surface area contributed by atoms with Gasteiger partial charge in [0.25, 0.3) is 10.0 Å². The minimum atomic E-state index is -3.45. The fraction of sp³-hybridized carbons (Fsp3) is 0.750. The van der Waals surface area contributed by atoms with Gasteiger partial charge in [-0.05, 0) is 31.8 Å². The summed E-state index contributed by atoms with van der Waals surface area (Å²) >= 11 is 0. The molecule has 0 saturated carbocycles. The molecule has 3 rings (SSSR count). The number of aryl methyl sites for hydroxylation is 1. The predicted octanol–water partition coefficient (Wildman–Crippen LogP) is 0.106. The van der Waals surface area contributed by atoms with Gasteiger partial charge in [-0.3, -0.25) is 0 Å². The molecule has 3 heterocycles. The Morgan fingerprint density at radius 2 is 2.37 bits per heavy atom. The standard InChI is InChI=1S/C12H20N4O2S/c1-9-7-13-5-4-10(9)15-19(17,18)12-8-14-11-3-2-6-16(11)12/h8-10,13,15H,2-7H2,1H3. The van der Waals surface area contributed by atoms with E-state index in [-0.39, 0.29) is 6.04 Å². The largest absolute Gasteiger partial charge is 0.318 e. The van der Waals surface area contributed by atoms with E-state index in [2.05, 4.69) is 21.9 Å². The van der Waals surface area contributed by atoms with Crippen LogP contribution in [0.4, 0.5) is 0 Å². The normalized spacial score (nSPS) is 27.4. The lowest BCUT2D eigenvalue weighted by Gasteiger charge is -2.29. The molecule has 19 heavy (non-hydrogen) atoms. The number of hydrogen-bond donors (Lipinski definition) is 2. The van der Waals surface area contributed by atoms with Crippen LogP contribution in [0.15, 0.2) is 11.2 Å². The maximum absolute atomic E-state index is 12.5. The molecular formula is C12H20N4O2S. The highest BCUT2D eigenvalue weighted by molar-refractivity contribution is 7.89. The van der Waals surface area contributed by atoms with E-state index in [0.717, 1.165) is 44.7 Å². The number of aromatic nitrogens is 2. The van der Waals surface area contributed by atoms with Gasteiger partial charge in [-0.25, -0.2) is 18.1 Å². The van der Waals surface area contributed by atoms with Crippen molar-refractivity contribution in [3.63, 3.8) is 0 Å². The first-order chi connectivity index (χ1) is 9.08. The van der Waals surface area contributed by atoms with Gasteiger partial charge in [0.2, 0.25) is 0 Å². The highest BCUT2D eigenvalue weighted by Gasteiger charge is 2.30. The van der Waals surface area contributed by atoms with Gasteiger partial charge in [0.05, 0.1) is 6.20 Å². The van der Waals surface area contributed by atoms with Gasteiger partial charge in [-0.15, -0.1) is 0 Å². The summed E-state index contributed by atoms with van der Waals surface area (Å²) in [6, 6.07) is 0.0128. The second-order valence-electron chi connectivity index (χ2n) is 5.47. The molecule has 2 aliphatic rings. The molecule has 0 aromatic carbocycles. The summed E-state index contributed by atoms with van der Waals surface area (Å²) < 4.78 is 29.6. The maximum atomic E-state index is 12.5. The molecule has 1 saturated heterocycles. The van der Waals surface area contributed by atoms with Gasteiger partial charge in [0.1, 0.15) is 5.82 Å². The Kier molecular flexibility index (Phi) is 3.36. The number of fused-ring (bicyclic) bond motifs is 1. The number of nitrogens with zero attached hydrogens (tertiary/aromatic N) is 2. The molecule has 0 spiro atoms. The summed E-state index contributed by atoms with van der Waals surface area (Å²) in [6.45, 7) is 4.55. The molecule has 2 atom stereocenters. The molecule has 7 heteroatoms. The number of imidazole rings is 1. The molecule has 0 radical (unpaired) electrons. The van der Waals surface area contributed by atoms with E-state index in [4.69, 9.17) is 0 Å². The van der Waals surface area contributed by atoms with Crippen LogP contribution in [0.2, 0.25) is 0 Å². The minimum Gasteiger partial charge on any atom is -0.318 e. The molecule has 1 aromatic rings. The molecule has 0 aliphatic carbocycles. The zero-order valence-electron chi connectivity index (χ0n) is 11.1. The van der Waals surface area contributed by atoms with Crippen LogP contribution >= 0.6 is 0 Å². The first kappa shape index (κ1) is 13.1. The van der Waals surface area contributed by atoms with Gasteiger partial charge >= 0.3 is 0 Å². The van der Waals surface area contributed by atoms with Crippen LogP contribution in [0, 0.1) is 5.92 Å². The SMILES string of the molecule is CC1CNCCC1NS(=O)(=O)c1cnc2n1CCC2. The molecular weight excluding hydrogens is 264 g/mol. The fourth-order valence-corrected chi connectivity index (χ4v) is 4.44. The zero-order chi connectivity index (χ0) is 13.5. The van der Waals surface area contributed by atoms with Gasteiger partial charge in [-0.2, -0.15) is 0 Å². The summed E-state index contributed by atoms with van der Waals surface area (Å²) in [7, 11) is -3.45. The van der Waals surface area contributed by atoms with Crippen LogP contribution in [0.25, 0.3) is 0 Å². The van der Waals surface area contributed by atoms with Crippen molar-refractivity contribution in [3.05, 3.63) is 12.0 Å². The van der Waals surface area contributed by atoms with Crippen LogP contribution in [0.1, 0.15) is 25.6 Å². The Morgan fingerprint density at radius 3 is 3.16 bits per heavy atom. The molecule has 2 unspecified atom stereocenters. The second-order valence-corrected chi connectivity index (χ2v) is 7.13. The second kappa shape index (κ2) is 4.88. The van der Waals surface area contributed by atoms with E-state index in [9.17, 15) is 8.42 Å². The third kappa shape index (κ3) is 2.42. The molecule has 1 fully saturated rings. The molecule has 0 amide bonds. The first-order valence-electron chi connectivity index (χ1n) is 6.85. The van der Waals surface area contributed by atoms with Crippen LogP contribution < -0.4 is 10.0 Å². The molecule has 2 aliphatic heterocycles. The summed E-state index contributed by atoms with van der Waals surface area (Å²) in [5.74, 6) is 1.20. The molecule has 0 bridgehead atoms. The number of piperidine rings is 1. The van der Waals surface area contributed by atoms with Crippen LogP contribution in [0.5, 0.6) is 0 Å². The van der Waals surface area contributed by atoms with Gasteiger partial charge in [0, 0.05) is 19.0 Å². The number of sulfonamides is 1. The van der Waals surface area contributed by atoms with Crippen molar-refractivity contribution in [3.8, 4) is 0 Å². The topological polar surface area (TPSA) is 76.0 Å². The highest BCUT2D eigenvalue weighted by Crippen LogP contribution is 2.21. The van der Waals surface area contributed by atoms with Crippen molar-refractivity contribution in [2.45, 2.75) is 43.8 Å². The molecule has 106 valence electrons. The van der Waals surface area contributed by atoms with Crippen LogP contribution in [-0.4, -0.2) is 37.1 Å². The van der Waals surface area contributed by atoms with Crippen LogP contribution in [-0.2, 0) is 23.0 Å². The third-order valence-electron chi connectivity index (χ3n) is 4.05. The quantitative estimate of drug-likeness (QED) is 0.826. The van der Waals surface area contributed by atoms with Crippen molar-refractivity contribution >= 4 is 10.0 Å². The van der Waals surface area contributed by atoms with Gasteiger partial charge in [0.15, 0.2) is 5.03 Å². The highest BCUT2D eigenvalue weighted by atomic mass is 32.2. The lowest BCUT2D eigenvalue weighted by atomic mass is 9.97. The Bertz CT molecular complexity index is 566. The Hall–Kier alpha value is -0.920. The smallest absolute Gasteiger partial charge is 0.258 e. The number of rotatable bonds is 3. The summed E-state index contributed by atoms with van der Waals surface area (Å²) in [4.78, 5) is 4.21. The molecule has 6 nitrogen and oxygen atoms in total. The van der Waals surface area contributed by atoms with E-state index in [1.165, 1.54) is 6.20 Å². The van der Waals surface area contributed by atoms with Gasteiger partial charge < -0.3 is 9.88 Å². The van der Waals surface area contributed by atoms with Crippen molar-refractivity contribution in [1.82, 2.24) is 19.6 Å². The number of nitrogens with one attached hydrogen (secondary N) is 2. The van der Waals surface area contributed by atoms with Gasteiger partial charge in [-0.1, -0.05) is 6.92 Å². The summed E-state index contributed by atoms with van der Waals surface area (Å²) in [5.41, 5.74) is 0. The Morgan fingerprint density at radius 1 is 1.53 bits per heavy atom. The minimum absolute atomic E-state index is 0.0128. The van der Waals surface area contributed by atoms with Crippen molar-refractivity contribution in [2.24, 2.45) is 5.92 Å². The van der Waals surface area contributed by atoms with E-state index >= 15 is 0 Å².